The van der Waals surface area contributed by atoms with Gasteiger partial charge >= 0.3 is 11.9 Å². The Hall–Kier alpha value is -2.92. The van der Waals surface area contributed by atoms with Crippen molar-refractivity contribution in [2.24, 2.45) is 0 Å². The van der Waals surface area contributed by atoms with Crippen molar-refractivity contribution in [3.63, 3.8) is 0 Å². The topological polar surface area (TPSA) is 72.8 Å². The number of aliphatic hydroxyl groups excluding tert-OH is 1. The first-order chi connectivity index (χ1) is 25.6. The number of rotatable bonds is 37. The second kappa shape index (κ2) is 42.5. The summed E-state index contributed by atoms with van der Waals surface area (Å²) in [6.07, 6.45) is 57.9. The van der Waals surface area contributed by atoms with Gasteiger partial charge in [-0.2, -0.15) is 0 Å². The number of hydrogen-bond donors (Lipinski definition) is 1. The highest BCUT2D eigenvalue weighted by Crippen LogP contribution is 2.13. The molecule has 5 nitrogen and oxygen atoms in total. The van der Waals surface area contributed by atoms with E-state index in [4.69, 9.17) is 9.47 Å². The lowest BCUT2D eigenvalue weighted by atomic mass is 10.0. The SMILES string of the molecule is CC/C=C\C/C=C\C/C=C\C/C=C\CCCCCCCCCCCCC(=O)OC(CO)COC(=O)CCCCCCC/C=C\C/C=C\C/C=C\CC. The van der Waals surface area contributed by atoms with E-state index in [0.717, 1.165) is 96.3 Å². The van der Waals surface area contributed by atoms with Crippen LogP contribution in [0.3, 0.4) is 0 Å². The van der Waals surface area contributed by atoms with Crippen LogP contribution in [0.1, 0.15) is 181 Å². The molecule has 0 heterocycles. The Labute approximate surface area is 320 Å². The fraction of sp³-hybridized carbons (Fsp3) is 0.660. The van der Waals surface area contributed by atoms with Gasteiger partial charge < -0.3 is 14.6 Å². The summed E-state index contributed by atoms with van der Waals surface area (Å²) in [6.45, 7) is 3.89. The van der Waals surface area contributed by atoms with Gasteiger partial charge in [-0.3, -0.25) is 9.59 Å². The number of ether oxygens (including phenoxy) is 2. The number of hydrogen-bond acceptors (Lipinski definition) is 5. The van der Waals surface area contributed by atoms with Gasteiger partial charge in [-0.25, -0.2) is 0 Å². The van der Waals surface area contributed by atoms with Crippen molar-refractivity contribution in [2.75, 3.05) is 13.2 Å². The average Bonchev–Trinajstić information content (AvgIpc) is 3.15. The summed E-state index contributed by atoms with van der Waals surface area (Å²) in [7, 11) is 0. The minimum Gasteiger partial charge on any atom is -0.462 e. The molecule has 0 radical (unpaired) electrons. The number of esters is 2. The van der Waals surface area contributed by atoms with Gasteiger partial charge in [-0.1, -0.05) is 170 Å². The monoisotopic (exact) mass is 723 g/mol. The first-order valence-electron chi connectivity index (χ1n) is 21.1. The molecule has 0 aromatic rings. The van der Waals surface area contributed by atoms with Crippen LogP contribution in [-0.2, 0) is 19.1 Å². The van der Waals surface area contributed by atoms with Crippen LogP contribution in [0.5, 0.6) is 0 Å². The quantitative estimate of drug-likeness (QED) is 0.0393. The fourth-order valence-corrected chi connectivity index (χ4v) is 5.56. The molecule has 1 N–H and O–H groups in total. The maximum Gasteiger partial charge on any atom is 0.306 e. The number of aliphatic hydroxyl groups is 1. The van der Waals surface area contributed by atoms with E-state index >= 15 is 0 Å². The summed E-state index contributed by atoms with van der Waals surface area (Å²) in [4.78, 5) is 24.3. The van der Waals surface area contributed by atoms with Gasteiger partial charge in [0.15, 0.2) is 6.10 Å². The van der Waals surface area contributed by atoms with Gasteiger partial charge in [0.2, 0.25) is 0 Å². The third kappa shape index (κ3) is 39.9. The third-order valence-corrected chi connectivity index (χ3v) is 8.68. The predicted molar refractivity (Wildman–Crippen MR) is 223 cm³/mol. The van der Waals surface area contributed by atoms with E-state index in [0.29, 0.717) is 12.8 Å². The van der Waals surface area contributed by atoms with Gasteiger partial charge in [-0.05, 0) is 83.5 Å². The smallest absolute Gasteiger partial charge is 0.306 e. The Morgan fingerprint density at radius 1 is 0.442 bits per heavy atom. The van der Waals surface area contributed by atoms with Crippen LogP contribution >= 0.6 is 0 Å². The molecule has 0 aromatic heterocycles. The summed E-state index contributed by atoms with van der Waals surface area (Å²) in [5.41, 5.74) is 0. The molecule has 52 heavy (non-hydrogen) atoms. The first kappa shape index (κ1) is 49.1. The molecule has 1 unspecified atom stereocenters. The van der Waals surface area contributed by atoms with Crippen LogP contribution in [-0.4, -0.2) is 36.4 Å². The highest BCUT2D eigenvalue weighted by atomic mass is 16.6. The Kier molecular flexibility index (Phi) is 40.1. The lowest BCUT2D eigenvalue weighted by Gasteiger charge is -2.15. The minimum atomic E-state index is -0.785. The van der Waals surface area contributed by atoms with E-state index in [1.165, 1.54) is 57.8 Å². The van der Waals surface area contributed by atoms with Crippen molar-refractivity contribution in [1.29, 1.82) is 0 Å². The Morgan fingerprint density at radius 3 is 1.15 bits per heavy atom. The van der Waals surface area contributed by atoms with E-state index in [2.05, 4.69) is 98.9 Å². The Morgan fingerprint density at radius 2 is 0.769 bits per heavy atom. The molecule has 5 heteroatoms. The molecule has 0 amide bonds. The average molecular weight is 723 g/mol. The van der Waals surface area contributed by atoms with E-state index in [9.17, 15) is 14.7 Å². The van der Waals surface area contributed by atoms with E-state index < -0.39 is 6.10 Å². The largest absolute Gasteiger partial charge is 0.462 e. The van der Waals surface area contributed by atoms with Crippen molar-refractivity contribution in [2.45, 2.75) is 187 Å². The van der Waals surface area contributed by atoms with E-state index in [1.54, 1.807) is 0 Å². The van der Waals surface area contributed by atoms with Crippen LogP contribution in [0, 0.1) is 0 Å². The molecule has 0 aliphatic carbocycles. The highest BCUT2D eigenvalue weighted by Gasteiger charge is 2.16. The Balaban J connectivity index is 3.58. The Bertz CT molecular complexity index is 999. The first-order valence-corrected chi connectivity index (χ1v) is 21.1. The lowest BCUT2D eigenvalue weighted by Crippen LogP contribution is -2.28. The molecular formula is C47H78O5. The normalized spacial score (nSPS) is 13.1. The van der Waals surface area contributed by atoms with Crippen molar-refractivity contribution < 1.29 is 24.2 Å². The molecule has 0 saturated heterocycles. The van der Waals surface area contributed by atoms with E-state index in [1.807, 2.05) is 0 Å². The molecule has 0 aliphatic heterocycles. The molecule has 1 atom stereocenters. The summed E-state index contributed by atoms with van der Waals surface area (Å²) >= 11 is 0. The molecule has 0 saturated carbocycles. The molecule has 0 aliphatic rings. The van der Waals surface area contributed by atoms with Crippen molar-refractivity contribution in [1.82, 2.24) is 0 Å². The molecular weight excluding hydrogens is 645 g/mol. The van der Waals surface area contributed by atoms with Gasteiger partial charge in [0.25, 0.3) is 0 Å². The van der Waals surface area contributed by atoms with Crippen molar-refractivity contribution in [3.05, 3.63) is 85.1 Å². The molecule has 296 valence electrons. The van der Waals surface area contributed by atoms with Crippen molar-refractivity contribution in [3.8, 4) is 0 Å². The summed E-state index contributed by atoms with van der Waals surface area (Å²) in [6, 6.07) is 0. The maximum atomic E-state index is 12.2. The fourth-order valence-electron chi connectivity index (χ4n) is 5.56. The predicted octanol–water partition coefficient (Wildman–Crippen LogP) is 13.5. The summed E-state index contributed by atoms with van der Waals surface area (Å²) in [5, 5.41) is 9.57. The second-order valence-electron chi connectivity index (χ2n) is 13.7. The van der Waals surface area contributed by atoms with Gasteiger partial charge in [0.05, 0.1) is 6.61 Å². The zero-order valence-corrected chi connectivity index (χ0v) is 33.5. The van der Waals surface area contributed by atoms with Crippen LogP contribution in [0.15, 0.2) is 85.1 Å². The summed E-state index contributed by atoms with van der Waals surface area (Å²) in [5.74, 6) is -0.621. The zero-order chi connectivity index (χ0) is 37.8. The number of carbonyl (C=O) groups excluding carboxylic acids is 2. The second-order valence-corrected chi connectivity index (χ2v) is 13.7. The number of unbranched alkanes of at least 4 members (excludes halogenated alkanes) is 15. The third-order valence-electron chi connectivity index (χ3n) is 8.68. The molecule has 0 rings (SSSR count). The zero-order valence-electron chi connectivity index (χ0n) is 33.5. The highest BCUT2D eigenvalue weighted by molar-refractivity contribution is 5.70. The number of carbonyl (C=O) groups is 2. The van der Waals surface area contributed by atoms with Crippen molar-refractivity contribution >= 4 is 11.9 Å². The van der Waals surface area contributed by atoms with Crippen LogP contribution in [0.4, 0.5) is 0 Å². The van der Waals surface area contributed by atoms with Gasteiger partial charge in [-0.15, -0.1) is 0 Å². The number of allylic oxidation sites excluding steroid dienone is 14. The standard InChI is InChI=1S/C47H78O5/c1-3-5-7-9-11-13-15-17-19-20-21-22-23-24-25-26-28-30-32-34-36-38-40-42-47(50)52-45(43-48)44-51-46(49)41-39-37-35-33-31-29-27-18-16-14-12-10-8-6-4-2/h5-8,11-14,17-19,21-22,27,45,48H,3-4,9-10,15-16,20,23-26,28-44H2,1-2H3/b7-5-,8-6-,13-11-,14-12-,19-17-,22-21-,27-18-. The summed E-state index contributed by atoms with van der Waals surface area (Å²) < 4.78 is 10.6. The van der Waals surface area contributed by atoms with Crippen LogP contribution < -0.4 is 0 Å². The van der Waals surface area contributed by atoms with Gasteiger partial charge in [0.1, 0.15) is 6.61 Å². The van der Waals surface area contributed by atoms with Crippen LogP contribution in [0.2, 0.25) is 0 Å². The molecule has 0 fully saturated rings. The lowest BCUT2D eigenvalue weighted by molar-refractivity contribution is -0.161. The molecule has 0 bridgehead atoms. The van der Waals surface area contributed by atoms with Crippen LogP contribution in [0.25, 0.3) is 0 Å². The minimum absolute atomic E-state index is 0.0809. The van der Waals surface area contributed by atoms with E-state index in [-0.39, 0.29) is 25.2 Å². The molecule has 0 spiro atoms. The van der Waals surface area contributed by atoms with Gasteiger partial charge in [0, 0.05) is 12.8 Å². The molecule has 0 aromatic carbocycles. The maximum absolute atomic E-state index is 12.2.